The van der Waals surface area contributed by atoms with Crippen molar-refractivity contribution in [2.75, 3.05) is 20.3 Å². The summed E-state index contributed by atoms with van der Waals surface area (Å²) in [5.74, 6) is -2.22. The van der Waals surface area contributed by atoms with Gasteiger partial charge in [-0.05, 0) is 78.8 Å². The molecule has 8 aromatic rings. The van der Waals surface area contributed by atoms with Gasteiger partial charge in [-0.15, -0.1) is 0 Å². The molecule has 0 unspecified atom stereocenters. The van der Waals surface area contributed by atoms with Crippen molar-refractivity contribution in [3.63, 3.8) is 0 Å². The molecular formula is C86H97NO20. The molecule has 0 aromatic heterocycles. The Morgan fingerprint density at radius 2 is 0.757 bits per heavy atom. The van der Waals surface area contributed by atoms with Gasteiger partial charge >= 0.3 is 5.97 Å². The summed E-state index contributed by atoms with van der Waals surface area (Å²) in [7, 11) is 1.49. The van der Waals surface area contributed by atoms with E-state index in [1.54, 1.807) is 38.1 Å². The minimum Gasteiger partial charge on any atom is -0.450 e. The van der Waals surface area contributed by atoms with Crippen LogP contribution in [-0.4, -0.2) is 161 Å². The van der Waals surface area contributed by atoms with E-state index >= 15 is 4.79 Å². The number of rotatable bonds is 32. The lowest BCUT2D eigenvalue weighted by Gasteiger charge is -2.53. The molecule has 5 fully saturated rings. The Morgan fingerprint density at radius 1 is 0.402 bits per heavy atom. The second kappa shape index (κ2) is 37.9. The molecule has 1 N–H and O–H groups in total. The molecule has 5 aliphatic heterocycles. The number of fused-ring (bicyclic) bond motifs is 1. The Labute approximate surface area is 626 Å². The van der Waals surface area contributed by atoms with Crippen LogP contribution in [0.15, 0.2) is 243 Å². The zero-order valence-electron chi connectivity index (χ0n) is 61.2. The minimum absolute atomic E-state index is 0.00559. The molecule has 20 atom stereocenters. The van der Waals surface area contributed by atoms with E-state index in [1.165, 1.54) is 14.0 Å². The van der Waals surface area contributed by atoms with Crippen molar-refractivity contribution < 1.29 is 94.9 Å². The van der Waals surface area contributed by atoms with Crippen LogP contribution >= 0.6 is 0 Å². The highest BCUT2D eigenvalue weighted by atomic mass is 16.8. The molecule has 566 valence electrons. The number of hydrogen-bond donors (Lipinski definition) is 1. The third kappa shape index (κ3) is 20.7. The molecule has 5 saturated heterocycles. The highest BCUT2D eigenvalue weighted by molar-refractivity contribution is 5.89. The van der Waals surface area contributed by atoms with Crippen molar-refractivity contribution in [1.82, 2.24) is 5.32 Å². The first-order valence-electron chi connectivity index (χ1n) is 36.8. The highest BCUT2D eigenvalue weighted by Gasteiger charge is 2.60. The van der Waals surface area contributed by atoms with Crippen LogP contribution in [0.3, 0.4) is 0 Å². The van der Waals surface area contributed by atoms with E-state index in [0.717, 1.165) is 38.9 Å². The van der Waals surface area contributed by atoms with E-state index in [1.807, 2.05) is 232 Å². The lowest BCUT2D eigenvalue weighted by molar-refractivity contribution is -0.405. The number of esters is 1. The molecule has 21 nitrogen and oxygen atoms in total. The van der Waals surface area contributed by atoms with Crippen LogP contribution in [0.4, 0.5) is 0 Å². The van der Waals surface area contributed by atoms with Crippen molar-refractivity contribution >= 4 is 11.9 Å². The van der Waals surface area contributed by atoms with Gasteiger partial charge in [0.2, 0.25) is 5.91 Å². The van der Waals surface area contributed by atoms with Gasteiger partial charge in [-0.3, -0.25) is 4.79 Å². The first kappa shape index (κ1) is 77.2. The second-order valence-electron chi connectivity index (χ2n) is 27.9. The summed E-state index contributed by atoms with van der Waals surface area (Å²) in [4.78, 5) is 28.8. The molecular weight excluding hydrogens is 1370 g/mol. The minimum atomic E-state index is -1.55. The van der Waals surface area contributed by atoms with Crippen LogP contribution in [0.25, 0.3) is 0 Å². The Balaban J connectivity index is 0.944. The second-order valence-corrected chi connectivity index (χ2v) is 27.9. The first-order valence-corrected chi connectivity index (χ1v) is 36.8. The normalized spacial score (nSPS) is 29.8. The van der Waals surface area contributed by atoms with E-state index in [-0.39, 0.29) is 70.9 Å². The summed E-state index contributed by atoms with van der Waals surface area (Å²) in [5.41, 5.74) is 6.37. The van der Waals surface area contributed by atoms with Gasteiger partial charge in [-0.1, -0.05) is 231 Å². The van der Waals surface area contributed by atoms with Crippen LogP contribution in [0.5, 0.6) is 0 Å². The maximum atomic E-state index is 15.5. The maximum Gasteiger partial charge on any atom is 0.338 e. The molecule has 0 spiro atoms. The van der Waals surface area contributed by atoms with E-state index < -0.39 is 135 Å². The fraction of sp³-hybridized carbons (Fsp3) is 0.419. The third-order valence-corrected chi connectivity index (χ3v) is 19.5. The number of ether oxygens (including phenoxy) is 18. The number of carbonyl (C=O) groups excluding carboxylic acids is 2. The smallest absolute Gasteiger partial charge is 0.338 e. The summed E-state index contributed by atoms with van der Waals surface area (Å²) in [6.07, 6.45) is -20.9. The first-order chi connectivity index (χ1) is 52.3. The summed E-state index contributed by atoms with van der Waals surface area (Å²) in [5, 5.41) is 3.05. The maximum absolute atomic E-state index is 15.5. The number of hydrogen-bond acceptors (Lipinski definition) is 20. The molecule has 8 aromatic carbocycles. The SMILES string of the molecule is CO[C@@H]1O[C@@H]2COC(C)(C)O[C@H]2[C@H](O[C@@H]2O[C@@H](C)[C@H](OCc3ccccc3)[C@@H](O[C@@H]3O[C@@H](C)[C@H](OCc4ccccc4)[C@@H](O[C@H]4O[C@H](COCc5ccccc5)[C@@H](OCc5ccccc5)[C@H](OCc5ccccc5)[C@H]4OCc4ccccc4)[C@H]3OC(=O)c3ccccc3)[C@H]2OCc2ccccc2)[C@H]1NC(C)=O. The molecule has 21 heteroatoms. The lowest BCUT2D eigenvalue weighted by Crippen LogP contribution is -2.71. The number of nitrogens with one attached hydrogen (secondary N) is 1. The number of methoxy groups -OCH3 is 1. The third-order valence-electron chi connectivity index (χ3n) is 19.5. The molecule has 1 amide bonds. The molecule has 0 saturated carbocycles. The van der Waals surface area contributed by atoms with Crippen molar-refractivity contribution in [3.8, 4) is 0 Å². The van der Waals surface area contributed by atoms with Gasteiger partial charge < -0.3 is 90.6 Å². The van der Waals surface area contributed by atoms with Gasteiger partial charge in [0.25, 0.3) is 0 Å². The van der Waals surface area contributed by atoms with Gasteiger partial charge in [-0.2, -0.15) is 0 Å². The van der Waals surface area contributed by atoms with E-state index in [2.05, 4.69) is 5.32 Å². The van der Waals surface area contributed by atoms with Crippen molar-refractivity contribution in [3.05, 3.63) is 287 Å². The number of amides is 1. The number of benzene rings is 8. The highest BCUT2D eigenvalue weighted by Crippen LogP contribution is 2.42. The molecule has 13 rings (SSSR count). The Hall–Kier alpha value is -7.98. The van der Waals surface area contributed by atoms with Gasteiger partial charge in [-0.25, -0.2) is 4.79 Å². The van der Waals surface area contributed by atoms with E-state index in [0.29, 0.717) is 0 Å². The van der Waals surface area contributed by atoms with Crippen molar-refractivity contribution in [2.24, 2.45) is 0 Å². The summed E-state index contributed by atoms with van der Waals surface area (Å²) in [6.45, 7) is 9.68. The van der Waals surface area contributed by atoms with Crippen LogP contribution in [0, 0.1) is 0 Å². The lowest BCUT2D eigenvalue weighted by atomic mass is 9.93. The zero-order chi connectivity index (χ0) is 73.9. The monoisotopic (exact) mass is 1460 g/mol. The van der Waals surface area contributed by atoms with Gasteiger partial charge in [0.15, 0.2) is 37.1 Å². The topological polar surface area (TPSA) is 212 Å². The van der Waals surface area contributed by atoms with Gasteiger partial charge in [0.05, 0.1) is 77.2 Å². The summed E-state index contributed by atoms with van der Waals surface area (Å²) < 4.78 is 127. The van der Waals surface area contributed by atoms with E-state index in [4.69, 9.17) is 85.3 Å². The van der Waals surface area contributed by atoms with E-state index in [9.17, 15) is 4.79 Å². The van der Waals surface area contributed by atoms with Crippen LogP contribution in [0.1, 0.15) is 83.9 Å². The zero-order valence-corrected chi connectivity index (χ0v) is 61.2. The molecule has 0 bridgehead atoms. The largest absolute Gasteiger partial charge is 0.450 e. The van der Waals surface area contributed by atoms with Crippen LogP contribution < -0.4 is 5.32 Å². The quantitative estimate of drug-likeness (QED) is 0.0388. The van der Waals surface area contributed by atoms with Crippen LogP contribution in [-0.2, 0) is 136 Å². The van der Waals surface area contributed by atoms with Gasteiger partial charge in [0.1, 0.15) is 79.3 Å². The predicted octanol–water partition coefficient (Wildman–Crippen LogP) is 12.3. The summed E-state index contributed by atoms with van der Waals surface area (Å²) >= 11 is 0. The number of carbonyl (C=O) groups is 2. The Bertz CT molecular complexity index is 3940. The molecule has 0 radical (unpaired) electrons. The predicted molar refractivity (Wildman–Crippen MR) is 392 cm³/mol. The van der Waals surface area contributed by atoms with Crippen LogP contribution in [0.2, 0.25) is 0 Å². The summed E-state index contributed by atoms with van der Waals surface area (Å²) in [6, 6.07) is 76.3. The molecule has 0 aliphatic carbocycles. The molecule has 107 heavy (non-hydrogen) atoms. The van der Waals surface area contributed by atoms with Crippen molar-refractivity contribution in [1.29, 1.82) is 0 Å². The fourth-order valence-corrected chi connectivity index (χ4v) is 14.2. The average Bonchev–Trinajstić information content (AvgIpc) is 0.760. The molecule has 5 heterocycles. The Morgan fingerprint density at radius 3 is 1.19 bits per heavy atom. The standard InChI is InChI=1S/C86H97NO20/c1-56-70(92-48-60-33-17-8-18-34-60)76(79(97-53-65-43-27-13-28-44-65)83(99-56)104-74-69(87-58(3)88)82(90-6)101-68-55-98-86(4,5)107-73(68)74)105-85-80(103-81(89)66-45-29-14-30-46-66)77(71(57(2)100-85)93-49-61-35-19-9-20-36-61)106-84-78(96-52-64-41-25-12-26-42-64)75(95-51-63-39-23-11-24-40-63)72(94-50-62-37-21-10-22-38-62)67(102-84)54-91-47-59-31-15-7-16-32-59/h7-46,56-57,67-80,82-85H,47-55H2,1-6H3,(H,87,88)/t56-,57-,67+,68+,69+,70-,71-,72+,73+,74+,75-,76+,77+,78+,79+,80+,82+,83-,84+,85-/m0/s1. The Kier molecular flexibility index (Phi) is 27.3. The van der Waals surface area contributed by atoms with Gasteiger partial charge in [0, 0.05) is 14.0 Å². The fourth-order valence-electron chi connectivity index (χ4n) is 14.2. The average molecular weight is 1460 g/mol. The molecule has 5 aliphatic rings. The van der Waals surface area contributed by atoms with Crippen molar-refractivity contribution in [2.45, 2.75) is 209 Å².